The van der Waals surface area contributed by atoms with Gasteiger partial charge in [0.2, 0.25) is 0 Å². The van der Waals surface area contributed by atoms with Crippen LogP contribution in [0, 0.1) is 5.82 Å². The Labute approximate surface area is 126 Å². The maximum absolute atomic E-state index is 13.0. The molecule has 1 aromatic carbocycles. The van der Waals surface area contributed by atoms with Crippen molar-refractivity contribution in [1.29, 1.82) is 0 Å². The number of thioether (sulfide) groups is 1. The Bertz CT molecular complexity index is 754. The Balaban J connectivity index is 1.93. The molecule has 6 heteroatoms. The summed E-state index contributed by atoms with van der Waals surface area (Å²) < 4.78 is 14.7. The van der Waals surface area contributed by atoms with Gasteiger partial charge in [-0.25, -0.2) is 9.37 Å². The summed E-state index contributed by atoms with van der Waals surface area (Å²) in [6.45, 7) is 4.15. The molecular formula is C15H15FN4S. The van der Waals surface area contributed by atoms with Crippen LogP contribution in [0.3, 0.4) is 0 Å². The van der Waals surface area contributed by atoms with Crippen LogP contribution in [0.2, 0.25) is 0 Å². The van der Waals surface area contributed by atoms with Gasteiger partial charge in [-0.1, -0.05) is 30.8 Å². The lowest BCUT2D eigenvalue weighted by molar-refractivity contribution is 0.627. The summed E-state index contributed by atoms with van der Waals surface area (Å²) in [5.41, 5.74) is 2.06. The smallest absolute Gasteiger partial charge is 0.216 e. The molecular weight excluding hydrogens is 287 g/mol. The molecule has 0 amide bonds. The van der Waals surface area contributed by atoms with Crippen molar-refractivity contribution in [1.82, 2.24) is 19.6 Å². The van der Waals surface area contributed by atoms with Crippen LogP contribution in [-0.4, -0.2) is 19.6 Å². The number of benzene rings is 1. The fourth-order valence-electron chi connectivity index (χ4n) is 2.08. The summed E-state index contributed by atoms with van der Waals surface area (Å²) in [5, 5.41) is 5.39. The quantitative estimate of drug-likeness (QED) is 0.544. The molecule has 0 fully saturated rings. The average Bonchev–Trinajstić information content (AvgIpc) is 2.96. The summed E-state index contributed by atoms with van der Waals surface area (Å²) in [6.07, 6.45) is 2.36. The van der Waals surface area contributed by atoms with Gasteiger partial charge in [0.25, 0.3) is 5.78 Å². The molecule has 0 aliphatic carbocycles. The van der Waals surface area contributed by atoms with E-state index in [-0.39, 0.29) is 11.1 Å². The topological polar surface area (TPSA) is 43.1 Å². The van der Waals surface area contributed by atoms with E-state index in [9.17, 15) is 4.39 Å². The number of hydrogen-bond acceptors (Lipinski definition) is 4. The second kappa shape index (κ2) is 5.81. The Kier molecular flexibility index (Phi) is 3.88. The zero-order chi connectivity index (χ0) is 14.8. The van der Waals surface area contributed by atoms with E-state index in [1.807, 2.05) is 18.2 Å². The highest BCUT2D eigenvalue weighted by Gasteiger charge is 2.13. The summed E-state index contributed by atoms with van der Waals surface area (Å²) >= 11 is 1.66. The van der Waals surface area contributed by atoms with E-state index >= 15 is 0 Å². The predicted octanol–water partition coefficient (Wildman–Crippen LogP) is 3.68. The lowest BCUT2D eigenvalue weighted by Crippen LogP contribution is -2.00. The highest BCUT2D eigenvalue weighted by molar-refractivity contribution is 7.99. The van der Waals surface area contributed by atoms with Gasteiger partial charge in [0.15, 0.2) is 0 Å². The second-order valence-corrected chi connectivity index (χ2v) is 6.08. The summed E-state index contributed by atoms with van der Waals surface area (Å²) in [7, 11) is 0. The van der Waals surface area contributed by atoms with Crippen LogP contribution in [0.5, 0.6) is 0 Å². The summed E-state index contributed by atoms with van der Waals surface area (Å²) in [6, 6.07) is 8.64. The predicted molar refractivity (Wildman–Crippen MR) is 80.8 cm³/mol. The van der Waals surface area contributed by atoms with Gasteiger partial charge in [-0.2, -0.15) is 14.6 Å². The van der Waals surface area contributed by atoms with Crippen molar-refractivity contribution in [2.24, 2.45) is 0 Å². The number of fused-ring (bicyclic) bond motifs is 1. The zero-order valence-electron chi connectivity index (χ0n) is 11.8. The maximum Gasteiger partial charge on any atom is 0.253 e. The monoisotopic (exact) mass is 302 g/mol. The molecule has 1 unspecified atom stereocenters. The third kappa shape index (κ3) is 2.90. The van der Waals surface area contributed by atoms with Crippen LogP contribution >= 0.6 is 11.8 Å². The molecule has 21 heavy (non-hydrogen) atoms. The largest absolute Gasteiger partial charge is 0.253 e. The van der Waals surface area contributed by atoms with Gasteiger partial charge in [-0.3, -0.25) is 0 Å². The SMILES string of the molecule is CCc1cc(SC(C)c2ccc(F)cc2)n2ncnc2n1. The van der Waals surface area contributed by atoms with Gasteiger partial charge in [0.1, 0.15) is 17.2 Å². The van der Waals surface area contributed by atoms with Gasteiger partial charge in [-0.05, 0) is 37.1 Å². The minimum absolute atomic E-state index is 0.185. The van der Waals surface area contributed by atoms with E-state index in [1.165, 1.54) is 18.5 Å². The lowest BCUT2D eigenvalue weighted by atomic mass is 10.2. The van der Waals surface area contributed by atoms with Crippen molar-refractivity contribution in [3.05, 3.63) is 53.7 Å². The highest BCUT2D eigenvalue weighted by atomic mass is 32.2. The first-order valence-electron chi connectivity index (χ1n) is 6.79. The van der Waals surface area contributed by atoms with Crippen LogP contribution in [0.25, 0.3) is 5.78 Å². The zero-order valence-corrected chi connectivity index (χ0v) is 12.6. The van der Waals surface area contributed by atoms with E-state index < -0.39 is 0 Å². The molecule has 3 rings (SSSR count). The van der Waals surface area contributed by atoms with Gasteiger partial charge < -0.3 is 0 Å². The van der Waals surface area contributed by atoms with Crippen LogP contribution in [0.15, 0.2) is 41.7 Å². The molecule has 0 aliphatic heterocycles. The number of aromatic nitrogens is 4. The number of nitrogens with zero attached hydrogens (tertiary/aromatic N) is 4. The van der Waals surface area contributed by atoms with Crippen molar-refractivity contribution < 1.29 is 4.39 Å². The number of halogens is 1. The van der Waals surface area contributed by atoms with Gasteiger partial charge in [0.05, 0.1) is 0 Å². The van der Waals surface area contributed by atoms with Crippen molar-refractivity contribution in [2.45, 2.75) is 30.5 Å². The van der Waals surface area contributed by atoms with Crippen LogP contribution in [0.4, 0.5) is 4.39 Å². The minimum Gasteiger partial charge on any atom is -0.216 e. The maximum atomic E-state index is 13.0. The van der Waals surface area contributed by atoms with E-state index in [2.05, 4.69) is 28.9 Å². The minimum atomic E-state index is -0.216. The molecule has 0 saturated carbocycles. The average molecular weight is 302 g/mol. The van der Waals surface area contributed by atoms with Crippen molar-refractivity contribution >= 4 is 17.5 Å². The molecule has 1 atom stereocenters. The summed E-state index contributed by atoms with van der Waals surface area (Å²) in [4.78, 5) is 8.59. The van der Waals surface area contributed by atoms with E-state index in [1.54, 1.807) is 16.3 Å². The molecule has 4 nitrogen and oxygen atoms in total. The Hall–Kier alpha value is -1.95. The Morgan fingerprint density at radius 3 is 2.76 bits per heavy atom. The lowest BCUT2D eigenvalue weighted by Gasteiger charge is -2.13. The molecule has 3 aromatic rings. The molecule has 0 bridgehead atoms. The Morgan fingerprint density at radius 2 is 2.05 bits per heavy atom. The number of aryl methyl sites for hydroxylation is 1. The van der Waals surface area contributed by atoms with Gasteiger partial charge in [-0.15, -0.1) is 0 Å². The number of hydrogen-bond donors (Lipinski definition) is 0. The first-order valence-corrected chi connectivity index (χ1v) is 7.67. The van der Waals surface area contributed by atoms with E-state index in [0.717, 1.165) is 22.7 Å². The standard InChI is InChI=1S/C15H15FN4S/c1-3-13-8-14(20-15(19-13)17-9-18-20)21-10(2)11-4-6-12(16)7-5-11/h4-10H,3H2,1-2H3. The summed E-state index contributed by atoms with van der Waals surface area (Å²) in [5.74, 6) is 0.398. The van der Waals surface area contributed by atoms with Crippen molar-refractivity contribution in [3.8, 4) is 0 Å². The van der Waals surface area contributed by atoms with E-state index in [0.29, 0.717) is 5.78 Å². The highest BCUT2D eigenvalue weighted by Crippen LogP contribution is 2.34. The molecule has 0 N–H and O–H groups in total. The molecule has 2 aromatic heterocycles. The van der Waals surface area contributed by atoms with Crippen molar-refractivity contribution in [2.75, 3.05) is 0 Å². The fraction of sp³-hybridized carbons (Fsp3) is 0.267. The first-order chi connectivity index (χ1) is 10.2. The number of rotatable bonds is 4. The molecule has 108 valence electrons. The third-order valence-corrected chi connectivity index (χ3v) is 4.43. The normalized spacial score (nSPS) is 12.7. The van der Waals surface area contributed by atoms with Crippen LogP contribution < -0.4 is 0 Å². The second-order valence-electron chi connectivity index (χ2n) is 4.72. The molecule has 0 spiro atoms. The Morgan fingerprint density at radius 1 is 1.29 bits per heavy atom. The van der Waals surface area contributed by atoms with Crippen molar-refractivity contribution in [3.63, 3.8) is 0 Å². The molecule has 2 heterocycles. The van der Waals surface area contributed by atoms with Crippen LogP contribution in [-0.2, 0) is 6.42 Å². The molecule has 0 radical (unpaired) electrons. The van der Waals surface area contributed by atoms with Crippen LogP contribution in [0.1, 0.15) is 30.4 Å². The fourth-order valence-corrected chi connectivity index (χ4v) is 3.17. The van der Waals surface area contributed by atoms with E-state index in [4.69, 9.17) is 0 Å². The molecule has 0 aliphatic rings. The first kappa shape index (κ1) is 14.0. The third-order valence-electron chi connectivity index (χ3n) is 3.27. The molecule has 0 saturated heterocycles. The van der Waals surface area contributed by atoms with Gasteiger partial charge in [0, 0.05) is 10.9 Å². The van der Waals surface area contributed by atoms with Gasteiger partial charge >= 0.3 is 0 Å².